The number of methoxy groups -OCH3 is 1. The van der Waals surface area contributed by atoms with E-state index in [2.05, 4.69) is 35.3 Å². The third-order valence-corrected chi connectivity index (χ3v) is 10.4. The lowest BCUT2D eigenvalue weighted by molar-refractivity contribution is -0.149. The van der Waals surface area contributed by atoms with Gasteiger partial charge in [0.1, 0.15) is 57.7 Å². The molecule has 20 nitrogen and oxygen atoms in total. The summed E-state index contributed by atoms with van der Waals surface area (Å²) in [6.45, 7) is 7.63. The number of amides is 2. The molecule has 2 aromatic heterocycles. The van der Waals surface area contributed by atoms with E-state index in [0.717, 1.165) is 12.6 Å². The quantitative estimate of drug-likeness (QED) is 0.0376. The average molecular weight is 1000 g/mol. The predicted octanol–water partition coefficient (Wildman–Crippen LogP) is 5.12. The Hall–Kier alpha value is -7.83. The smallest absolute Gasteiger partial charge is 0.479 e. The summed E-state index contributed by atoms with van der Waals surface area (Å²) >= 11 is 5.58. The van der Waals surface area contributed by atoms with Crippen molar-refractivity contribution in [2.24, 2.45) is 11.5 Å². The van der Waals surface area contributed by atoms with Gasteiger partial charge in [0.25, 0.3) is 11.8 Å². The molecule has 1 aliphatic heterocycles. The molecule has 2 atom stereocenters. The molecule has 1 saturated heterocycles. The number of aliphatic carboxylic acids is 1. The molecule has 2 amide bonds. The standard InChI is InChI=1S/C20H17FN4O5.C18H20BFO3.C9H11ClN4O4/c21-12-3-7-14(8-4-12)30-13-5-1-11(2-6-13)19-24-15(18(22)27)9-17(25-19)23-10-16(26)20(28)29;1-17(2)18(3,4)23-19(22-17)13-5-9-15(10-6-13)21-16-11-7-14(20)8-12-16;1-18-8(17)5(15)3-12-6-2-4(7(11)16)13-9(10)14-6/h1-9,16,26H,10H2,(H2,22,27)(H,28,29)(H,23,24,25);5-12H,1-4H3;2,5,15H,3H2,1H3,(H2,11,16)(H,12,13,14)/t16-;;5-/m0.0/s1. The van der Waals surface area contributed by atoms with Crippen LogP contribution in [0.25, 0.3) is 11.4 Å². The summed E-state index contributed by atoms with van der Waals surface area (Å²) in [7, 11) is 0.762. The summed E-state index contributed by atoms with van der Waals surface area (Å²) in [5, 5.41) is 32.5. The molecular weight excluding hydrogens is 953 g/mol. The van der Waals surface area contributed by atoms with Crippen molar-refractivity contribution < 1.29 is 66.8 Å². The zero-order valence-electron chi connectivity index (χ0n) is 38.6. The number of nitrogens with one attached hydrogen (secondary N) is 2. The maximum atomic E-state index is 13.0. The minimum Gasteiger partial charge on any atom is -0.479 e. The number of rotatable bonds is 16. The predicted molar refractivity (Wildman–Crippen MR) is 255 cm³/mol. The molecule has 372 valence electrons. The Kier molecular flexibility index (Phi) is 18.4. The molecule has 0 unspecified atom stereocenters. The van der Waals surface area contributed by atoms with E-state index < -0.39 is 36.0 Å². The van der Waals surface area contributed by atoms with Crippen LogP contribution in [-0.2, 0) is 23.6 Å². The van der Waals surface area contributed by atoms with Crippen molar-refractivity contribution in [1.82, 2.24) is 19.9 Å². The minimum absolute atomic E-state index is 0.0787. The molecule has 6 aromatic rings. The highest BCUT2D eigenvalue weighted by Crippen LogP contribution is 2.36. The summed E-state index contributed by atoms with van der Waals surface area (Å²) in [5.41, 5.74) is 10.9. The number of aromatic nitrogens is 4. The number of anilines is 2. The van der Waals surface area contributed by atoms with Crippen LogP contribution in [0.1, 0.15) is 48.7 Å². The number of primary amides is 2. The normalized spacial score (nSPS) is 14.0. The lowest BCUT2D eigenvalue weighted by Crippen LogP contribution is -2.41. The van der Waals surface area contributed by atoms with Crippen molar-refractivity contribution in [2.75, 3.05) is 30.8 Å². The van der Waals surface area contributed by atoms with Gasteiger partial charge in [-0.15, -0.1) is 0 Å². The number of carboxylic acid groups (broad SMARTS) is 1. The van der Waals surface area contributed by atoms with Gasteiger partial charge in [-0.1, -0.05) is 12.1 Å². The van der Waals surface area contributed by atoms with Crippen LogP contribution in [0.5, 0.6) is 23.0 Å². The van der Waals surface area contributed by atoms with Crippen LogP contribution < -0.4 is 37.0 Å². The van der Waals surface area contributed by atoms with Crippen LogP contribution in [0.4, 0.5) is 20.4 Å². The van der Waals surface area contributed by atoms with Crippen molar-refractivity contribution in [3.8, 4) is 34.4 Å². The van der Waals surface area contributed by atoms with E-state index in [1.54, 1.807) is 36.4 Å². The topological polar surface area (TPSA) is 303 Å². The molecule has 4 aromatic carbocycles. The number of halogens is 3. The lowest BCUT2D eigenvalue weighted by Gasteiger charge is -2.32. The number of aliphatic hydroxyl groups is 2. The maximum Gasteiger partial charge on any atom is 0.494 e. The average Bonchev–Trinajstić information content (AvgIpc) is 3.56. The molecule has 7 rings (SSSR count). The second-order valence-electron chi connectivity index (χ2n) is 16.0. The fourth-order valence-electron chi connectivity index (χ4n) is 5.76. The highest BCUT2D eigenvalue weighted by molar-refractivity contribution is 6.62. The van der Waals surface area contributed by atoms with Gasteiger partial charge in [-0.25, -0.2) is 38.3 Å². The number of benzene rings is 4. The van der Waals surface area contributed by atoms with Gasteiger partial charge in [-0.2, -0.15) is 0 Å². The van der Waals surface area contributed by atoms with Gasteiger partial charge in [0.2, 0.25) is 5.28 Å². The molecule has 71 heavy (non-hydrogen) atoms. The molecule has 0 bridgehead atoms. The van der Waals surface area contributed by atoms with Crippen LogP contribution >= 0.6 is 11.6 Å². The van der Waals surface area contributed by atoms with Gasteiger partial charge in [0.05, 0.1) is 31.4 Å². The number of carbonyl (C=O) groups is 4. The summed E-state index contributed by atoms with van der Waals surface area (Å²) in [6.07, 6.45) is -3.01. The molecule has 0 aliphatic carbocycles. The zero-order valence-corrected chi connectivity index (χ0v) is 39.4. The Morgan fingerprint density at radius 3 is 1.51 bits per heavy atom. The van der Waals surface area contributed by atoms with Gasteiger partial charge in [-0.3, -0.25) is 9.59 Å². The maximum absolute atomic E-state index is 13.0. The largest absolute Gasteiger partial charge is 0.494 e. The molecule has 1 aliphatic rings. The number of carbonyl (C=O) groups excluding carboxylic acids is 3. The number of nitrogens with two attached hydrogens (primary N) is 2. The van der Waals surface area contributed by atoms with E-state index in [1.165, 1.54) is 48.5 Å². The van der Waals surface area contributed by atoms with Crippen molar-refractivity contribution in [3.05, 3.63) is 138 Å². The summed E-state index contributed by atoms with van der Waals surface area (Å²) in [6, 6.07) is 28.1. The Morgan fingerprint density at radius 2 is 1.07 bits per heavy atom. The first kappa shape index (κ1) is 54.1. The Labute approximate surface area is 410 Å². The van der Waals surface area contributed by atoms with Crippen molar-refractivity contribution in [3.63, 3.8) is 0 Å². The van der Waals surface area contributed by atoms with E-state index >= 15 is 0 Å². The van der Waals surface area contributed by atoms with Crippen LogP contribution in [0, 0.1) is 11.6 Å². The summed E-state index contributed by atoms with van der Waals surface area (Å²) in [5.74, 6) is -1.75. The third-order valence-electron chi connectivity index (χ3n) is 10.3. The highest BCUT2D eigenvalue weighted by atomic mass is 35.5. The molecule has 0 spiro atoms. The Bertz CT molecular complexity index is 2780. The van der Waals surface area contributed by atoms with Gasteiger partial charge in [0, 0.05) is 17.7 Å². The Morgan fingerprint density at radius 1 is 0.662 bits per heavy atom. The number of hydrogen-bond donors (Lipinski definition) is 7. The number of esters is 1. The molecule has 24 heteroatoms. The van der Waals surface area contributed by atoms with E-state index in [1.807, 2.05) is 52.0 Å². The fraction of sp³-hybridized carbons (Fsp3) is 0.234. The lowest BCUT2D eigenvalue weighted by atomic mass is 9.79. The Balaban J connectivity index is 0.000000205. The van der Waals surface area contributed by atoms with Crippen LogP contribution in [0.3, 0.4) is 0 Å². The van der Waals surface area contributed by atoms with Crippen molar-refractivity contribution >= 4 is 59.6 Å². The SMILES string of the molecule is CC1(C)OB(c2ccc(Oc3ccc(F)cc3)cc2)OC1(C)C.COC(=O)[C@@H](O)CNc1cc(C(N)=O)nc(Cl)n1.NC(=O)c1cc(NC[C@H](O)C(=O)O)nc(-c2ccc(Oc3ccc(F)cc3)cc2)n1. The van der Waals surface area contributed by atoms with Gasteiger partial charge in [-0.05, 0) is 130 Å². The molecule has 1 fully saturated rings. The summed E-state index contributed by atoms with van der Waals surface area (Å²) < 4.78 is 53.5. The molecule has 0 saturated carbocycles. The first-order valence-corrected chi connectivity index (χ1v) is 21.5. The number of hydrogen-bond acceptors (Lipinski definition) is 17. The van der Waals surface area contributed by atoms with E-state index in [9.17, 15) is 38.2 Å². The number of nitrogens with zero attached hydrogens (tertiary/aromatic N) is 4. The van der Waals surface area contributed by atoms with Crippen molar-refractivity contribution in [2.45, 2.75) is 51.1 Å². The van der Waals surface area contributed by atoms with E-state index in [4.69, 9.17) is 47.0 Å². The van der Waals surface area contributed by atoms with Crippen LogP contribution in [-0.4, -0.2) is 110 Å². The van der Waals surface area contributed by atoms with Crippen LogP contribution in [0.15, 0.2) is 109 Å². The molecule has 3 heterocycles. The van der Waals surface area contributed by atoms with Gasteiger partial charge < -0.3 is 60.9 Å². The molecule has 0 radical (unpaired) electrons. The molecular formula is C47H48BClF2N8O12. The van der Waals surface area contributed by atoms with Gasteiger partial charge >= 0.3 is 19.1 Å². The highest BCUT2D eigenvalue weighted by Gasteiger charge is 2.51. The first-order chi connectivity index (χ1) is 33.5. The van der Waals surface area contributed by atoms with Crippen LogP contribution in [0.2, 0.25) is 5.28 Å². The summed E-state index contributed by atoms with van der Waals surface area (Å²) in [4.78, 5) is 59.8. The number of ether oxygens (including phenoxy) is 3. The number of aliphatic hydroxyl groups excluding tert-OH is 2. The zero-order chi connectivity index (χ0) is 52.0. The number of carboxylic acids is 1. The minimum atomic E-state index is -1.65. The van der Waals surface area contributed by atoms with E-state index in [0.29, 0.717) is 28.6 Å². The van der Waals surface area contributed by atoms with E-state index in [-0.39, 0.29) is 77.2 Å². The second kappa shape index (κ2) is 24.1. The first-order valence-electron chi connectivity index (χ1n) is 21.1. The second-order valence-corrected chi connectivity index (χ2v) is 16.4. The van der Waals surface area contributed by atoms with Gasteiger partial charge in [0.15, 0.2) is 18.0 Å². The molecule has 9 N–H and O–H groups in total. The monoisotopic (exact) mass is 1000 g/mol. The third kappa shape index (κ3) is 15.9. The van der Waals surface area contributed by atoms with Crippen molar-refractivity contribution in [1.29, 1.82) is 0 Å². The fourth-order valence-corrected chi connectivity index (χ4v) is 5.94.